The zero-order chi connectivity index (χ0) is 10.8. The Morgan fingerprint density at radius 3 is 2.64 bits per heavy atom. The van der Waals surface area contributed by atoms with Crippen molar-refractivity contribution in [1.82, 2.24) is 4.98 Å². The van der Waals surface area contributed by atoms with Crippen LogP contribution in [0.15, 0.2) is 16.7 Å². The highest BCUT2D eigenvalue weighted by Crippen LogP contribution is 2.21. The maximum atomic E-state index is 11.8. The number of halogens is 4. The topological polar surface area (TPSA) is 22.1 Å². The first-order chi connectivity index (χ1) is 6.38. The van der Waals surface area contributed by atoms with Gasteiger partial charge in [-0.05, 0) is 28.9 Å². The van der Waals surface area contributed by atoms with E-state index in [-0.39, 0.29) is 5.88 Å². The van der Waals surface area contributed by atoms with Gasteiger partial charge in [-0.15, -0.1) is 0 Å². The van der Waals surface area contributed by atoms with Gasteiger partial charge in [0.05, 0.1) is 0 Å². The molecule has 0 amide bonds. The molecule has 0 aliphatic rings. The molecule has 0 bridgehead atoms. The number of nitrogens with zero attached hydrogens (tertiary/aromatic N) is 1. The second kappa shape index (κ2) is 4.16. The number of aryl methyl sites for hydroxylation is 1. The maximum Gasteiger partial charge on any atom is 0.422 e. The zero-order valence-corrected chi connectivity index (χ0v) is 8.82. The van der Waals surface area contributed by atoms with Crippen molar-refractivity contribution < 1.29 is 17.9 Å². The van der Waals surface area contributed by atoms with Crippen molar-refractivity contribution in [1.29, 1.82) is 0 Å². The first kappa shape index (κ1) is 11.3. The van der Waals surface area contributed by atoms with Gasteiger partial charge in [0.2, 0.25) is 5.88 Å². The lowest BCUT2D eigenvalue weighted by Crippen LogP contribution is -2.20. The van der Waals surface area contributed by atoms with Gasteiger partial charge in [-0.1, -0.05) is 0 Å². The third-order valence-corrected chi connectivity index (χ3v) is 1.80. The van der Waals surface area contributed by atoms with Crippen molar-refractivity contribution >= 4 is 15.9 Å². The van der Waals surface area contributed by atoms with Crippen LogP contribution < -0.4 is 4.74 Å². The molecule has 0 saturated carbocycles. The second-order valence-corrected chi connectivity index (χ2v) is 3.60. The number of pyridine rings is 1. The molecule has 6 heteroatoms. The Bertz CT molecular complexity index is 327. The molecule has 1 aromatic heterocycles. The molecule has 0 N–H and O–H groups in total. The van der Waals surface area contributed by atoms with Gasteiger partial charge >= 0.3 is 6.18 Å². The number of hydrogen-bond donors (Lipinski definition) is 0. The van der Waals surface area contributed by atoms with Crippen molar-refractivity contribution in [3.8, 4) is 5.88 Å². The molecular formula is C8H7BrF3NO. The predicted molar refractivity (Wildman–Crippen MR) is 48.2 cm³/mol. The van der Waals surface area contributed by atoms with E-state index in [2.05, 4.69) is 25.7 Å². The van der Waals surface area contributed by atoms with E-state index in [0.29, 0.717) is 10.0 Å². The van der Waals surface area contributed by atoms with Crippen molar-refractivity contribution in [3.05, 3.63) is 22.3 Å². The minimum absolute atomic E-state index is 0.00512. The maximum absolute atomic E-state index is 11.8. The summed E-state index contributed by atoms with van der Waals surface area (Å²) in [5.41, 5.74) is 0.559. The summed E-state index contributed by atoms with van der Waals surface area (Å²) in [5.74, 6) is 0.00512. The lowest BCUT2D eigenvalue weighted by atomic mass is 10.3. The molecule has 0 atom stereocenters. The molecule has 14 heavy (non-hydrogen) atoms. The Hall–Kier alpha value is -0.780. The van der Waals surface area contributed by atoms with E-state index in [9.17, 15) is 13.2 Å². The highest BCUT2D eigenvalue weighted by molar-refractivity contribution is 9.10. The van der Waals surface area contributed by atoms with Crippen LogP contribution in [0.2, 0.25) is 0 Å². The van der Waals surface area contributed by atoms with Crippen LogP contribution in [0.5, 0.6) is 5.88 Å². The average Bonchev–Trinajstić information content (AvgIpc) is 2.00. The minimum atomic E-state index is -4.33. The van der Waals surface area contributed by atoms with E-state index in [4.69, 9.17) is 0 Å². The van der Waals surface area contributed by atoms with Crippen LogP contribution in [0.1, 0.15) is 5.56 Å². The average molecular weight is 270 g/mol. The molecule has 0 fully saturated rings. The number of alkyl halides is 3. The van der Waals surface area contributed by atoms with Gasteiger partial charge in [-0.25, -0.2) is 4.98 Å². The molecule has 0 unspecified atom stereocenters. The normalized spacial score (nSPS) is 11.5. The fraction of sp³-hybridized carbons (Fsp3) is 0.375. The molecule has 0 aromatic carbocycles. The Morgan fingerprint density at radius 1 is 1.50 bits per heavy atom. The van der Waals surface area contributed by atoms with E-state index >= 15 is 0 Å². The lowest BCUT2D eigenvalue weighted by molar-refractivity contribution is -0.154. The van der Waals surface area contributed by atoms with E-state index < -0.39 is 12.8 Å². The van der Waals surface area contributed by atoms with Crippen molar-refractivity contribution in [3.63, 3.8) is 0 Å². The molecule has 0 aliphatic carbocycles. The summed E-state index contributed by atoms with van der Waals surface area (Å²) in [6.07, 6.45) is -2.94. The lowest BCUT2D eigenvalue weighted by Gasteiger charge is -2.09. The van der Waals surface area contributed by atoms with E-state index in [1.165, 1.54) is 6.20 Å². The smallest absolute Gasteiger partial charge is 0.422 e. The van der Waals surface area contributed by atoms with Gasteiger partial charge in [-0.3, -0.25) is 0 Å². The Kier molecular flexibility index (Phi) is 3.36. The fourth-order valence-corrected chi connectivity index (χ4v) is 1.27. The third kappa shape index (κ3) is 3.53. The van der Waals surface area contributed by atoms with E-state index in [1.54, 1.807) is 13.0 Å². The minimum Gasteiger partial charge on any atom is -0.468 e. The highest BCUT2D eigenvalue weighted by Gasteiger charge is 2.28. The Balaban J connectivity index is 2.68. The number of ether oxygens (including phenoxy) is 1. The Labute approximate surface area is 87.2 Å². The summed E-state index contributed by atoms with van der Waals surface area (Å²) in [6, 6.07) is 1.64. The molecule has 0 saturated heterocycles. The van der Waals surface area contributed by atoms with E-state index in [0.717, 1.165) is 0 Å². The predicted octanol–water partition coefficient (Wildman–Crippen LogP) is 3.09. The number of hydrogen-bond acceptors (Lipinski definition) is 2. The first-order valence-electron chi connectivity index (χ1n) is 3.70. The molecule has 0 aliphatic heterocycles. The van der Waals surface area contributed by atoms with Crippen LogP contribution in [0.25, 0.3) is 0 Å². The molecule has 78 valence electrons. The largest absolute Gasteiger partial charge is 0.468 e. The van der Waals surface area contributed by atoms with Gasteiger partial charge < -0.3 is 4.74 Å². The van der Waals surface area contributed by atoms with Gasteiger partial charge in [0.15, 0.2) is 6.61 Å². The van der Waals surface area contributed by atoms with Crippen molar-refractivity contribution in [2.24, 2.45) is 0 Å². The van der Waals surface area contributed by atoms with Gasteiger partial charge in [-0.2, -0.15) is 13.2 Å². The van der Waals surface area contributed by atoms with Gasteiger partial charge in [0, 0.05) is 16.2 Å². The zero-order valence-electron chi connectivity index (χ0n) is 7.23. The van der Waals surface area contributed by atoms with Crippen LogP contribution in [0, 0.1) is 6.92 Å². The summed E-state index contributed by atoms with van der Waals surface area (Å²) in [4.78, 5) is 3.71. The van der Waals surface area contributed by atoms with Gasteiger partial charge in [0.1, 0.15) is 0 Å². The molecule has 0 spiro atoms. The van der Waals surface area contributed by atoms with Crippen LogP contribution in [0.3, 0.4) is 0 Å². The summed E-state index contributed by atoms with van der Waals surface area (Å²) in [6.45, 7) is 0.311. The molecule has 2 nitrogen and oxygen atoms in total. The van der Waals surface area contributed by atoms with Crippen LogP contribution in [-0.4, -0.2) is 17.8 Å². The summed E-state index contributed by atoms with van der Waals surface area (Å²) in [5, 5.41) is 0. The molecule has 1 heterocycles. The number of rotatable bonds is 2. The third-order valence-electron chi connectivity index (χ3n) is 1.37. The molecule has 0 radical (unpaired) electrons. The van der Waals surface area contributed by atoms with Crippen molar-refractivity contribution in [2.45, 2.75) is 13.1 Å². The fourth-order valence-electron chi connectivity index (χ4n) is 0.829. The summed E-state index contributed by atoms with van der Waals surface area (Å²) < 4.78 is 40.6. The quantitative estimate of drug-likeness (QED) is 0.823. The van der Waals surface area contributed by atoms with Crippen LogP contribution >= 0.6 is 15.9 Å². The Morgan fingerprint density at radius 2 is 2.14 bits per heavy atom. The number of aromatic nitrogens is 1. The summed E-state index contributed by atoms with van der Waals surface area (Å²) >= 11 is 3.15. The van der Waals surface area contributed by atoms with Crippen molar-refractivity contribution in [2.75, 3.05) is 6.61 Å². The van der Waals surface area contributed by atoms with Gasteiger partial charge in [0.25, 0.3) is 0 Å². The molecular weight excluding hydrogens is 263 g/mol. The molecule has 1 aromatic rings. The SMILES string of the molecule is Cc1cc(Br)cnc1OCC(F)(F)F. The van der Waals surface area contributed by atoms with E-state index in [1.807, 2.05) is 0 Å². The first-order valence-corrected chi connectivity index (χ1v) is 4.49. The highest BCUT2D eigenvalue weighted by atomic mass is 79.9. The van der Waals surface area contributed by atoms with Crippen LogP contribution in [-0.2, 0) is 0 Å². The monoisotopic (exact) mass is 269 g/mol. The molecule has 1 rings (SSSR count). The van der Waals surface area contributed by atoms with Crippen LogP contribution in [0.4, 0.5) is 13.2 Å². The summed E-state index contributed by atoms with van der Waals surface area (Å²) in [7, 11) is 0. The standard InChI is InChI=1S/C8H7BrF3NO/c1-5-2-6(9)3-13-7(5)14-4-8(10,11)12/h2-3H,4H2,1H3. The second-order valence-electron chi connectivity index (χ2n) is 2.68.